The molecule has 4 heteroatoms. The third-order valence-corrected chi connectivity index (χ3v) is 4.38. The van der Waals surface area contributed by atoms with E-state index in [-0.39, 0.29) is 11.8 Å². The topological polar surface area (TPSA) is 55.1 Å². The van der Waals surface area contributed by atoms with Gasteiger partial charge >= 0.3 is 0 Å². The zero-order valence-corrected chi connectivity index (χ0v) is 13.0. The standard InChI is InChI=1S/C18H22N2O2/c1-2-13-7-9-14(10-8-13)17-11-16(22-20-17)12-19-18(21)15-5-3-4-6-15/h7-11,15H,2-6,12H2,1H3,(H,19,21). The smallest absolute Gasteiger partial charge is 0.223 e. The van der Waals surface area contributed by atoms with Crippen molar-refractivity contribution in [2.24, 2.45) is 5.92 Å². The second-order valence-corrected chi connectivity index (χ2v) is 5.93. The highest BCUT2D eigenvalue weighted by Gasteiger charge is 2.22. The fourth-order valence-corrected chi connectivity index (χ4v) is 2.95. The number of amides is 1. The minimum atomic E-state index is 0.141. The Balaban J connectivity index is 1.59. The molecule has 0 unspecified atom stereocenters. The third-order valence-electron chi connectivity index (χ3n) is 4.38. The first-order valence-electron chi connectivity index (χ1n) is 8.09. The summed E-state index contributed by atoms with van der Waals surface area (Å²) in [5.41, 5.74) is 3.15. The van der Waals surface area contributed by atoms with Crippen molar-refractivity contribution >= 4 is 5.91 Å². The van der Waals surface area contributed by atoms with Crippen molar-refractivity contribution < 1.29 is 9.32 Å². The maximum atomic E-state index is 12.0. The highest BCUT2D eigenvalue weighted by atomic mass is 16.5. The Kier molecular flexibility index (Phi) is 4.56. The van der Waals surface area contributed by atoms with Gasteiger partial charge in [0.1, 0.15) is 5.69 Å². The third kappa shape index (κ3) is 3.38. The van der Waals surface area contributed by atoms with Crippen LogP contribution in [0, 0.1) is 5.92 Å². The number of nitrogens with zero attached hydrogens (tertiary/aromatic N) is 1. The van der Waals surface area contributed by atoms with Gasteiger partial charge in [0.2, 0.25) is 5.91 Å². The van der Waals surface area contributed by atoms with Crippen LogP contribution in [0.15, 0.2) is 34.9 Å². The molecule has 0 saturated heterocycles. The van der Waals surface area contributed by atoms with Crippen LogP contribution < -0.4 is 5.32 Å². The van der Waals surface area contributed by atoms with Gasteiger partial charge in [-0.3, -0.25) is 4.79 Å². The Morgan fingerprint density at radius 3 is 2.68 bits per heavy atom. The van der Waals surface area contributed by atoms with Crippen LogP contribution in [-0.4, -0.2) is 11.1 Å². The molecule has 1 aromatic carbocycles. The van der Waals surface area contributed by atoms with E-state index in [1.807, 2.05) is 6.07 Å². The summed E-state index contributed by atoms with van der Waals surface area (Å²) in [5.74, 6) is 1.02. The summed E-state index contributed by atoms with van der Waals surface area (Å²) < 4.78 is 5.32. The number of rotatable bonds is 5. The maximum absolute atomic E-state index is 12.0. The molecule has 1 fully saturated rings. The van der Waals surface area contributed by atoms with E-state index < -0.39 is 0 Å². The van der Waals surface area contributed by atoms with Crippen LogP contribution in [-0.2, 0) is 17.8 Å². The predicted octanol–water partition coefficient (Wildman–Crippen LogP) is 3.71. The van der Waals surface area contributed by atoms with Crippen LogP contribution in [0.3, 0.4) is 0 Å². The molecule has 1 saturated carbocycles. The van der Waals surface area contributed by atoms with Crippen molar-refractivity contribution in [1.29, 1.82) is 0 Å². The summed E-state index contributed by atoms with van der Waals surface area (Å²) in [6, 6.07) is 10.2. The normalized spacial score (nSPS) is 15.1. The zero-order chi connectivity index (χ0) is 15.4. The van der Waals surface area contributed by atoms with E-state index >= 15 is 0 Å². The summed E-state index contributed by atoms with van der Waals surface area (Å²) in [7, 11) is 0. The van der Waals surface area contributed by atoms with E-state index in [9.17, 15) is 4.79 Å². The van der Waals surface area contributed by atoms with E-state index in [1.165, 1.54) is 5.56 Å². The van der Waals surface area contributed by atoms with Crippen LogP contribution >= 0.6 is 0 Å². The monoisotopic (exact) mass is 298 g/mol. The van der Waals surface area contributed by atoms with Crippen molar-refractivity contribution in [2.45, 2.75) is 45.6 Å². The predicted molar refractivity (Wildman–Crippen MR) is 85.1 cm³/mol. The van der Waals surface area contributed by atoms with Crippen molar-refractivity contribution in [3.63, 3.8) is 0 Å². The van der Waals surface area contributed by atoms with Gasteiger partial charge in [-0.15, -0.1) is 0 Å². The molecule has 1 aliphatic carbocycles. The second kappa shape index (κ2) is 6.77. The van der Waals surface area contributed by atoms with Gasteiger partial charge in [0.25, 0.3) is 0 Å². The number of aryl methyl sites for hydroxylation is 1. The highest BCUT2D eigenvalue weighted by molar-refractivity contribution is 5.78. The SMILES string of the molecule is CCc1ccc(-c2cc(CNC(=O)C3CCCC3)on2)cc1. The molecule has 1 amide bonds. The molecular formula is C18H22N2O2. The van der Waals surface area contributed by atoms with E-state index in [1.54, 1.807) is 0 Å². The lowest BCUT2D eigenvalue weighted by Crippen LogP contribution is -2.28. The Labute approximate surface area is 130 Å². The van der Waals surface area contributed by atoms with E-state index in [0.29, 0.717) is 12.3 Å². The molecule has 1 N–H and O–H groups in total. The van der Waals surface area contributed by atoms with E-state index in [4.69, 9.17) is 4.52 Å². The quantitative estimate of drug-likeness (QED) is 0.915. The number of carbonyl (C=O) groups excluding carboxylic acids is 1. The molecule has 1 heterocycles. The van der Waals surface area contributed by atoms with Crippen molar-refractivity contribution in [3.8, 4) is 11.3 Å². The van der Waals surface area contributed by atoms with Gasteiger partial charge in [-0.05, 0) is 24.8 Å². The first kappa shape index (κ1) is 14.8. The van der Waals surface area contributed by atoms with Gasteiger partial charge < -0.3 is 9.84 Å². The van der Waals surface area contributed by atoms with Crippen molar-refractivity contribution in [3.05, 3.63) is 41.7 Å². The molecule has 3 rings (SSSR count). The average molecular weight is 298 g/mol. The molecule has 0 atom stereocenters. The fourth-order valence-electron chi connectivity index (χ4n) is 2.95. The molecule has 0 aliphatic heterocycles. The molecule has 0 radical (unpaired) electrons. The van der Waals surface area contributed by atoms with Gasteiger partial charge in [-0.1, -0.05) is 49.2 Å². The Bertz CT molecular complexity index is 625. The lowest BCUT2D eigenvalue weighted by atomic mass is 10.1. The number of hydrogen-bond donors (Lipinski definition) is 1. The van der Waals surface area contributed by atoms with Gasteiger partial charge in [0, 0.05) is 17.5 Å². The van der Waals surface area contributed by atoms with Crippen molar-refractivity contribution in [2.75, 3.05) is 0 Å². The van der Waals surface area contributed by atoms with Gasteiger partial charge in [0.15, 0.2) is 5.76 Å². The molecule has 0 spiro atoms. The lowest BCUT2D eigenvalue weighted by Gasteiger charge is -2.08. The first-order chi connectivity index (χ1) is 10.8. The molecule has 1 aromatic heterocycles. The van der Waals surface area contributed by atoms with Crippen molar-refractivity contribution in [1.82, 2.24) is 10.5 Å². The minimum Gasteiger partial charge on any atom is -0.359 e. The second-order valence-electron chi connectivity index (χ2n) is 5.93. The van der Waals surface area contributed by atoms with Crippen LogP contribution in [0.1, 0.15) is 43.9 Å². The summed E-state index contributed by atoms with van der Waals surface area (Å²) in [6.45, 7) is 2.55. The maximum Gasteiger partial charge on any atom is 0.223 e. The number of aromatic nitrogens is 1. The van der Waals surface area contributed by atoms with E-state index in [0.717, 1.165) is 43.4 Å². The van der Waals surface area contributed by atoms with Crippen LogP contribution in [0.5, 0.6) is 0 Å². The van der Waals surface area contributed by atoms with Gasteiger partial charge in [0.05, 0.1) is 6.54 Å². The number of hydrogen-bond acceptors (Lipinski definition) is 3. The number of nitrogens with one attached hydrogen (secondary N) is 1. The van der Waals surface area contributed by atoms with Crippen LogP contribution in [0.4, 0.5) is 0 Å². The van der Waals surface area contributed by atoms with E-state index in [2.05, 4.69) is 41.7 Å². The Morgan fingerprint density at radius 1 is 1.27 bits per heavy atom. The summed E-state index contributed by atoms with van der Waals surface area (Å²) in [4.78, 5) is 12.0. The average Bonchev–Trinajstić information content (AvgIpc) is 3.24. The molecule has 22 heavy (non-hydrogen) atoms. The first-order valence-corrected chi connectivity index (χ1v) is 8.09. The van der Waals surface area contributed by atoms with Gasteiger partial charge in [-0.2, -0.15) is 0 Å². The summed E-state index contributed by atoms with van der Waals surface area (Å²) >= 11 is 0. The van der Waals surface area contributed by atoms with Gasteiger partial charge in [-0.25, -0.2) is 0 Å². The number of benzene rings is 1. The molecule has 4 nitrogen and oxygen atoms in total. The molecule has 1 aliphatic rings. The van der Waals surface area contributed by atoms with Crippen LogP contribution in [0.2, 0.25) is 0 Å². The molecule has 116 valence electrons. The highest BCUT2D eigenvalue weighted by Crippen LogP contribution is 2.25. The summed E-state index contributed by atoms with van der Waals surface area (Å²) in [5, 5.41) is 7.04. The largest absolute Gasteiger partial charge is 0.359 e. The molecular weight excluding hydrogens is 276 g/mol. The van der Waals surface area contributed by atoms with Crippen LogP contribution in [0.25, 0.3) is 11.3 Å². The molecule has 0 bridgehead atoms. The zero-order valence-electron chi connectivity index (χ0n) is 13.0. The fraction of sp³-hybridized carbons (Fsp3) is 0.444. The Morgan fingerprint density at radius 2 is 2.00 bits per heavy atom. The Hall–Kier alpha value is -2.10. The minimum absolute atomic E-state index is 0.141. The summed E-state index contributed by atoms with van der Waals surface area (Å²) in [6.07, 6.45) is 5.38. The lowest BCUT2D eigenvalue weighted by molar-refractivity contribution is -0.125. The number of carbonyl (C=O) groups is 1. The molecule has 2 aromatic rings.